The number of sulfonamides is 1. The van der Waals surface area contributed by atoms with Gasteiger partial charge in [0.2, 0.25) is 15.9 Å². The number of benzene rings is 1. The van der Waals surface area contributed by atoms with Gasteiger partial charge in [-0.3, -0.25) is 4.79 Å². The fraction of sp³-hybridized carbons (Fsp3) is 0.588. The van der Waals surface area contributed by atoms with E-state index in [2.05, 4.69) is 0 Å². The van der Waals surface area contributed by atoms with Crippen LogP contribution in [0.3, 0.4) is 0 Å². The van der Waals surface area contributed by atoms with Crippen LogP contribution in [-0.4, -0.2) is 62.9 Å². The molecule has 1 aromatic carbocycles. The fourth-order valence-electron chi connectivity index (χ4n) is 3.26. The lowest BCUT2D eigenvalue weighted by Gasteiger charge is -2.35. The minimum atomic E-state index is -3.51. The number of aryl methyl sites for hydroxylation is 2. The lowest BCUT2D eigenvalue weighted by molar-refractivity contribution is -0.136. The van der Waals surface area contributed by atoms with E-state index in [1.165, 1.54) is 4.31 Å². The molecule has 1 unspecified atom stereocenters. The summed E-state index contributed by atoms with van der Waals surface area (Å²) in [4.78, 5) is 14.5. The van der Waals surface area contributed by atoms with Crippen LogP contribution in [0.4, 0.5) is 0 Å². The minimum Gasteiger partial charge on any atom is -0.381 e. The Morgan fingerprint density at radius 1 is 1.17 bits per heavy atom. The smallest absolute Gasteiger partial charge is 0.243 e. The van der Waals surface area contributed by atoms with Crippen LogP contribution < -0.4 is 0 Å². The maximum Gasteiger partial charge on any atom is 0.243 e. The first kappa shape index (κ1) is 17.4. The van der Waals surface area contributed by atoms with Gasteiger partial charge in [-0.25, -0.2) is 8.42 Å². The second-order valence-electron chi connectivity index (χ2n) is 6.56. The van der Waals surface area contributed by atoms with Gasteiger partial charge in [0.25, 0.3) is 0 Å². The molecule has 1 amide bonds. The molecule has 0 aromatic heterocycles. The maximum atomic E-state index is 12.9. The lowest BCUT2D eigenvalue weighted by atomic mass is 10.1. The highest BCUT2D eigenvalue weighted by Gasteiger charge is 2.34. The largest absolute Gasteiger partial charge is 0.381 e. The van der Waals surface area contributed by atoms with E-state index < -0.39 is 10.0 Å². The van der Waals surface area contributed by atoms with Gasteiger partial charge in [-0.1, -0.05) is 12.1 Å². The molecule has 0 saturated carbocycles. The zero-order valence-corrected chi connectivity index (χ0v) is 15.0. The van der Waals surface area contributed by atoms with E-state index in [-0.39, 0.29) is 11.8 Å². The first-order valence-electron chi connectivity index (χ1n) is 8.33. The van der Waals surface area contributed by atoms with Crippen molar-refractivity contribution in [2.24, 2.45) is 5.92 Å². The molecule has 1 aromatic rings. The van der Waals surface area contributed by atoms with Crippen LogP contribution in [0.5, 0.6) is 0 Å². The summed E-state index contributed by atoms with van der Waals surface area (Å²) < 4.78 is 32.6. The Morgan fingerprint density at radius 2 is 1.88 bits per heavy atom. The van der Waals surface area contributed by atoms with Crippen molar-refractivity contribution in [3.05, 3.63) is 29.3 Å². The minimum absolute atomic E-state index is 0.0628. The number of piperazine rings is 1. The summed E-state index contributed by atoms with van der Waals surface area (Å²) in [7, 11) is -3.51. The highest BCUT2D eigenvalue weighted by molar-refractivity contribution is 7.89. The van der Waals surface area contributed by atoms with Crippen LogP contribution in [0.15, 0.2) is 23.1 Å². The molecule has 24 heavy (non-hydrogen) atoms. The molecule has 0 N–H and O–H groups in total. The topological polar surface area (TPSA) is 66.9 Å². The number of amides is 1. The van der Waals surface area contributed by atoms with Gasteiger partial charge in [0, 0.05) is 32.8 Å². The van der Waals surface area contributed by atoms with Crippen molar-refractivity contribution in [2.75, 3.05) is 39.4 Å². The Hall–Kier alpha value is -1.44. The van der Waals surface area contributed by atoms with Gasteiger partial charge in [-0.2, -0.15) is 4.31 Å². The Labute approximate surface area is 143 Å². The van der Waals surface area contributed by atoms with Crippen molar-refractivity contribution in [2.45, 2.75) is 25.2 Å². The summed E-state index contributed by atoms with van der Waals surface area (Å²) >= 11 is 0. The predicted molar refractivity (Wildman–Crippen MR) is 90.2 cm³/mol. The molecular weight excluding hydrogens is 328 g/mol. The van der Waals surface area contributed by atoms with Crippen LogP contribution in [0.2, 0.25) is 0 Å². The standard InChI is InChI=1S/C17H24N2O4S/c1-13-3-4-14(2)16(11-13)24(21,22)19-8-6-18(7-9-19)17(20)15-5-10-23-12-15/h3-4,11,15H,5-10,12H2,1-2H3. The average Bonchev–Trinajstić information content (AvgIpc) is 3.11. The molecule has 6 nitrogen and oxygen atoms in total. The van der Waals surface area contributed by atoms with E-state index in [9.17, 15) is 13.2 Å². The quantitative estimate of drug-likeness (QED) is 0.819. The lowest BCUT2D eigenvalue weighted by Crippen LogP contribution is -2.52. The normalized spacial score (nSPS) is 22.8. The highest BCUT2D eigenvalue weighted by Crippen LogP contribution is 2.23. The molecule has 2 aliphatic heterocycles. The van der Waals surface area contributed by atoms with E-state index in [0.717, 1.165) is 17.5 Å². The summed E-state index contributed by atoms with van der Waals surface area (Å²) in [5, 5.41) is 0. The number of ether oxygens (including phenoxy) is 1. The molecule has 0 bridgehead atoms. The number of rotatable bonds is 3. The van der Waals surface area contributed by atoms with Crippen LogP contribution >= 0.6 is 0 Å². The molecule has 2 fully saturated rings. The number of hydrogen-bond donors (Lipinski definition) is 0. The first-order valence-corrected chi connectivity index (χ1v) is 9.77. The van der Waals surface area contributed by atoms with Crippen LogP contribution in [0.1, 0.15) is 17.5 Å². The highest BCUT2D eigenvalue weighted by atomic mass is 32.2. The molecule has 2 aliphatic rings. The van der Waals surface area contributed by atoms with Gasteiger partial charge in [-0.15, -0.1) is 0 Å². The van der Waals surface area contributed by atoms with E-state index in [4.69, 9.17) is 4.74 Å². The van der Waals surface area contributed by atoms with Gasteiger partial charge in [0.1, 0.15) is 0 Å². The Morgan fingerprint density at radius 3 is 2.50 bits per heavy atom. The van der Waals surface area contributed by atoms with Crippen LogP contribution in [-0.2, 0) is 19.6 Å². The van der Waals surface area contributed by atoms with Gasteiger partial charge in [-0.05, 0) is 37.5 Å². The molecule has 2 heterocycles. The van der Waals surface area contributed by atoms with Crippen molar-refractivity contribution < 1.29 is 17.9 Å². The third kappa shape index (κ3) is 3.34. The van der Waals surface area contributed by atoms with Gasteiger partial charge in [0.05, 0.1) is 17.4 Å². The summed E-state index contributed by atoms with van der Waals surface area (Å²) in [5.74, 6) is 0.0310. The Bertz CT molecular complexity index is 718. The second-order valence-corrected chi connectivity index (χ2v) is 8.47. The third-order valence-corrected chi connectivity index (χ3v) is 6.83. The molecule has 7 heteroatoms. The molecule has 3 rings (SSSR count). The van der Waals surface area contributed by atoms with Crippen molar-refractivity contribution >= 4 is 15.9 Å². The second kappa shape index (κ2) is 6.82. The zero-order valence-electron chi connectivity index (χ0n) is 14.2. The molecular formula is C17H24N2O4S. The molecule has 2 saturated heterocycles. The molecule has 0 radical (unpaired) electrons. The van der Waals surface area contributed by atoms with Gasteiger partial charge < -0.3 is 9.64 Å². The molecule has 0 spiro atoms. The van der Waals surface area contributed by atoms with Crippen molar-refractivity contribution in [3.63, 3.8) is 0 Å². The van der Waals surface area contributed by atoms with E-state index in [1.807, 2.05) is 26.0 Å². The van der Waals surface area contributed by atoms with Gasteiger partial charge >= 0.3 is 0 Å². The summed E-state index contributed by atoms with van der Waals surface area (Å²) in [6, 6.07) is 5.47. The first-order chi connectivity index (χ1) is 11.4. The van der Waals surface area contributed by atoms with Crippen LogP contribution in [0.25, 0.3) is 0 Å². The summed E-state index contributed by atoms with van der Waals surface area (Å²) in [6.07, 6.45) is 0.764. The van der Waals surface area contributed by atoms with Gasteiger partial charge in [0.15, 0.2) is 0 Å². The van der Waals surface area contributed by atoms with Crippen LogP contribution in [0, 0.1) is 19.8 Å². The number of nitrogens with zero attached hydrogens (tertiary/aromatic N) is 2. The van der Waals surface area contributed by atoms with E-state index >= 15 is 0 Å². The number of carbonyl (C=O) groups excluding carboxylic acids is 1. The molecule has 0 aliphatic carbocycles. The maximum absolute atomic E-state index is 12.9. The predicted octanol–water partition coefficient (Wildman–Crippen LogP) is 1.17. The van der Waals surface area contributed by atoms with Crippen molar-refractivity contribution in [3.8, 4) is 0 Å². The summed E-state index contributed by atoms with van der Waals surface area (Å²) in [6.45, 7) is 6.39. The monoisotopic (exact) mass is 352 g/mol. The molecule has 1 atom stereocenters. The Kier molecular flexibility index (Phi) is 4.94. The van der Waals surface area contributed by atoms with E-state index in [0.29, 0.717) is 44.3 Å². The number of carbonyl (C=O) groups is 1. The Balaban J connectivity index is 1.69. The third-order valence-electron chi connectivity index (χ3n) is 4.79. The SMILES string of the molecule is Cc1ccc(C)c(S(=O)(=O)N2CCN(C(=O)C3CCOC3)CC2)c1. The zero-order chi connectivity index (χ0) is 17.3. The fourth-order valence-corrected chi connectivity index (χ4v) is 4.99. The average molecular weight is 352 g/mol. The van der Waals surface area contributed by atoms with Crippen molar-refractivity contribution in [1.82, 2.24) is 9.21 Å². The molecule has 132 valence electrons. The van der Waals surface area contributed by atoms with Crippen molar-refractivity contribution in [1.29, 1.82) is 0 Å². The summed E-state index contributed by atoms with van der Waals surface area (Å²) in [5.41, 5.74) is 1.68. The van der Waals surface area contributed by atoms with E-state index in [1.54, 1.807) is 11.0 Å². The number of hydrogen-bond acceptors (Lipinski definition) is 4.